The van der Waals surface area contributed by atoms with Crippen LogP contribution in [0.2, 0.25) is 0 Å². The number of aromatic nitrogens is 1. The minimum Gasteiger partial charge on any atom is -0.321 e. The smallest absolute Gasteiger partial charge is 0.256 e. The summed E-state index contributed by atoms with van der Waals surface area (Å²) >= 11 is 0. The highest BCUT2D eigenvalue weighted by molar-refractivity contribution is 7.88. The third-order valence-electron chi connectivity index (χ3n) is 5.14. The molecule has 0 saturated heterocycles. The third-order valence-corrected chi connectivity index (χ3v) is 6.52. The number of hydrogen-bond donors (Lipinski definition) is 2. The highest BCUT2D eigenvalue weighted by atomic mass is 32.2. The summed E-state index contributed by atoms with van der Waals surface area (Å²) < 4.78 is 25.4. The summed E-state index contributed by atoms with van der Waals surface area (Å²) in [6, 6.07) is 9.75. The zero-order valence-corrected chi connectivity index (χ0v) is 20.9. The number of H-pyrrole nitrogens is 1. The van der Waals surface area contributed by atoms with Gasteiger partial charge in [0.15, 0.2) is 6.20 Å². The van der Waals surface area contributed by atoms with E-state index in [2.05, 4.69) is 21.9 Å². The van der Waals surface area contributed by atoms with Crippen molar-refractivity contribution >= 4 is 38.4 Å². The summed E-state index contributed by atoms with van der Waals surface area (Å²) in [5, 5.41) is 3.93. The van der Waals surface area contributed by atoms with E-state index in [4.69, 9.17) is 0 Å². The maximum absolute atomic E-state index is 12.3. The monoisotopic (exact) mass is 472 g/mol. The van der Waals surface area contributed by atoms with E-state index in [1.54, 1.807) is 13.3 Å². The number of rotatable bonds is 8. The summed E-state index contributed by atoms with van der Waals surface area (Å²) in [5.74, 6) is 0. The number of benzene rings is 1. The Balaban J connectivity index is 0.000000299. The van der Waals surface area contributed by atoms with Crippen molar-refractivity contribution in [2.24, 2.45) is 4.99 Å². The first-order chi connectivity index (χ1) is 15.6. The number of nitrogens with zero attached hydrogens (tertiary/aromatic N) is 3. The SMILES string of the molecule is C=C(C)N=CC1=[N+](C)C=C(c2cc3ccccc3[nH]c2=O)C1.CCN(CCNC)S(C)(=O)=O. The zero-order valence-electron chi connectivity index (χ0n) is 20.1. The Morgan fingerprint density at radius 2 is 2.06 bits per heavy atom. The molecule has 3 rings (SSSR count). The molecule has 0 amide bonds. The molecule has 0 unspecified atom stereocenters. The van der Waals surface area contributed by atoms with E-state index in [1.807, 2.05) is 62.0 Å². The molecule has 0 spiro atoms. The molecule has 0 saturated carbocycles. The molecule has 1 aromatic carbocycles. The molecular formula is C24H34N5O3S+. The number of nitrogens with one attached hydrogen (secondary N) is 2. The van der Waals surface area contributed by atoms with E-state index >= 15 is 0 Å². The molecule has 33 heavy (non-hydrogen) atoms. The Kier molecular flexibility index (Phi) is 9.45. The number of likely N-dealkylation sites (N-methyl/N-ethyl adjacent to an activating group) is 2. The van der Waals surface area contributed by atoms with Gasteiger partial charge in [0.1, 0.15) is 7.05 Å². The number of para-hydroxylation sites is 1. The summed E-state index contributed by atoms with van der Waals surface area (Å²) in [6.07, 6.45) is 5.71. The number of aliphatic imine (C=N–C) groups is 1. The third kappa shape index (κ3) is 7.59. The molecular weight excluding hydrogens is 438 g/mol. The van der Waals surface area contributed by atoms with E-state index in [0.29, 0.717) is 31.6 Å². The molecule has 8 nitrogen and oxygen atoms in total. The van der Waals surface area contributed by atoms with Crippen LogP contribution in [-0.4, -0.2) is 74.2 Å². The van der Waals surface area contributed by atoms with Gasteiger partial charge in [-0.15, -0.1) is 0 Å². The van der Waals surface area contributed by atoms with Gasteiger partial charge in [0.25, 0.3) is 5.56 Å². The Morgan fingerprint density at radius 1 is 1.36 bits per heavy atom. The van der Waals surface area contributed by atoms with Crippen LogP contribution in [0.25, 0.3) is 16.5 Å². The van der Waals surface area contributed by atoms with Crippen molar-refractivity contribution in [2.75, 3.05) is 40.0 Å². The van der Waals surface area contributed by atoms with Gasteiger partial charge in [-0.3, -0.25) is 9.79 Å². The van der Waals surface area contributed by atoms with Crippen molar-refractivity contribution in [1.29, 1.82) is 0 Å². The van der Waals surface area contributed by atoms with Gasteiger partial charge in [0, 0.05) is 36.4 Å². The van der Waals surface area contributed by atoms with Crippen LogP contribution >= 0.6 is 0 Å². The number of hydrogen-bond acceptors (Lipinski definition) is 5. The van der Waals surface area contributed by atoms with Gasteiger partial charge >= 0.3 is 0 Å². The topological polar surface area (TPSA) is 97.6 Å². The largest absolute Gasteiger partial charge is 0.321 e. The molecule has 1 aliphatic rings. The first-order valence-corrected chi connectivity index (χ1v) is 12.6. The number of sulfonamides is 1. The number of aromatic amines is 1. The normalized spacial score (nSPS) is 14.1. The van der Waals surface area contributed by atoms with Gasteiger partial charge in [0.05, 0.1) is 24.5 Å². The molecule has 0 fully saturated rings. The van der Waals surface area contributed by atoms with Gasteiger partial charge in [-0.1, -0.05) is 31.7 Å². The Bertz CT molecular complexity index is 1260. The van der Waals surface area contributed by atoms with Crippen molar-refractivity contribution in [3.8, 4) is 0 Å². The molecule has 0 radical (unpaired) electrons. The minimum atomic E-state index is -2.99. The molecule has 0 atom stereocenters. The lowest BCUT2D eigenvalue weighted by molar-refractivity contribution is -0.416. The molecule has 1 aliphatic heterocycles. The van der Waals surface area contributed by atoms with Crippen molar-refractivity contribution in [1.82, 2.24) is 14.6 Å². The molecule has 9 heteroatoms. The van der Waals surface area contributed by atoms with Crippen LogP contribution in [0.1, 0.15) is 25.8 Å². The fraction of sp³-hybridized carbons (Fsp3) is 0.375. The number of fused-ring (bicyclic) bond motifs is 1. The fourth-order valence-electron chi connectivity index (χ4n) is 3.35. The second kappa shape index (κ2) is 11.8. The van der Waals surface area contributed by atoms with Crippen LogP contribution in [0.3, 0.4) is 0 Å². The average Bonchev–Trinajstić information content (AvgIpc) is 3.12. The standard InChI is InChI=1S/C18H17N3O.C6H16N2O2S/c1-12(2)19-10-15-8-14(11-21(15)3)16-9-13-6-4-5-7-17(13)20-18(16)22;1-4-8(6-5-7-2)11(3,9)10/h4-7,9-11H,1,8H2,2-3H3;7H,4-6H2,1-3H3/p+1. The lowest BCUT2D eigenvalue weighted by Gasteiger charge is -2.16. The first-order valence-electron chi connectivity index (χ1n) is 10.8. The van der Waals surface area contributed by atoms with Crippen LogP contribution in [0, 0.1) is 0 Å². The summed E-state index contributed by atoms with van der Waals surface area (Å²) in [5.41, 5.74) is 4.32. The predicted octanol–water partition coefficient (Wildman–Crippen LogP) is 2.45. The van der Waals surface area contributed by atoms with E-state index in [0.717, 1.165) is 27.9 Å². The van der Waals surface area contributed by atoms with Crippen LogP contribution in [0.5, 0.6) is 0 Å². The first kappa shape index (κ1) is 26.4. The van der Waals surface area contributed by atoms with Crippen molar-refractivity contribution in [2.45, 2.75) is 20.3 Å². The van der Waals surface area contributed by atoms with Crippen LogP contribution in [-0.2, 0) is 10.0 Å². The van der Waals surface area contributed by atoms with Crippen LogP contribution in [0.4, 0.5) is 0 Å². The maximum Gasteiger partial charge on any atom is 0.256 e. The average molecular weight is 473 g/mol. The van der Waals surface area contributed by atoms with Gasteiger partial charge in [-0.05, 0) is 31.5 Å². The molecule has 1 aromatic heterocycles. The summed E-state index contributed by atoms with van der Waals surface area (Å²) in [7, 11) is 0.768. The predicted molar refractivity (Wildman–Crippen MR) is 138 cm³/mol. The highest BCUT2D eigenvalue weighted by Gasteiger charge is 2.23. The zero-order chi connectivity index (χ0) is 24.6. The lowest BCUT2D eigenvalue weighted by atomic mass is 10.0. The van der Waals surface area contributed by atoms with Gasteiger partial charge < -0.3 is 10.3 Å². The molecule has 2 heterocycles. The van der Waals surface area contributed by atoms with Crippen molar-refractivity contribution in [3.63, 3.8) is 0 Å². The lowest BCUT2D eigenvalue weighted by Crippen LogP contribution is -2.35. The minimum absolute atomic E-state index is 0.0589. The maximum atomic E-state index is 12.3. The van der Waals surface area contributed by atoms with E-state index < -0.39 is 10.0 Å². The second-order valence-electron chi connectivity index (χ2n) is 7.88. The Morgan fingerprint density at radius 3 is 2.67 bits per heavy atom. The Labute approximate surface area is 196 Å². The highest BCUT2D eigenvalue weighted by Crippen LogP contribution is 2.22. The van der Waals surface area contributed by atoms with E-state index in [9.17, 15) is 13.2 Å². The molecule has 2 N–H and O–H groups in total. The number of allylic oxidation sites excluding steroid dienone is 2. The molecule has 2 aromatic rings. The van der Waals surface area contributed by atoms with Gasteiger partial charge in [0.2, 0.25) is 15.7 Å². The van der Waals surface area contributed by atoms with Crippen LogP contribution in [0.15, 0.2) is 58.6 Å². The Hall–Kier alpha value is -2.88. The molecule has 0 bridgehead atoms. The molecule has 178 valence electrons. The molecule has 0 aliphatic carbocycles. The quantitative estimate of drug-likeness (QED) is 0.456. The van der Waals surface area contributed by atoms with Crippen LogP contribution < -0.4 is 10.9 Å². The van der Waals surface area contributed by atoms with E-state index in [1.165, 1.54) is 10.6 Å². The van der Waals surface area contributed by atoms with Crippen molar-refractivity contribution in [3.05, 3.63) is 64.7 Å². The van der Waals surface area contributed by atoms with Gasteiger partial charge in [-0.25, -0.2) is 17.3 Å². The fourth-order valence-corrected chi connectivity index (χ4v) is 4.24. The van der Waals surface area contributed by atoms with Crippen molar-refractivity contribution < 1.29 is 13.0 Å². The summed E-state index contributed by atoms with van der Waals surface area (Å²) in [4.78, 5) is 19.5. The second-order valence-corrected chi connectivity index (χ2v) is 9.87. The number of pyridine rings is 1. The van der Waals surface area contributed by atoms with Gasteiger partial charge in [-0.2, -0.15) is 0 Å². The summed E-state index contributed by atoms with van der Waals surface area (Å²) in [6.45, 7) is 9.24. The van der Waals surface area contributed by atoms with E-state index in [-0.39, 0.29) is 5.56 Å².